The van der Waals surface area contributed by atoms with Crippen molar-refractivity contribution < 1.29 is 0 Å². The molecule has 3 aliphatic rings. The van der Waals surface area contributed by atoms with Crippen molar-refractivity contribution in [3.63, 3.8) is 0 Å². The van der Waals surface area contributed by atoms with Crippen molar-refractivity contribution in [3.05, 3.63) is 22.4 Å². The minimum absolute atomic E-state index is 0.740. The van der Waals surface area contributed by atoms with Crippen LogP contribution in [0.15, 0.2) is 17.5 Å². The summed E-state index contributed by atoms with van der Waals surface area (Å²) in [6.07, 6.45) is 8.58. The van der Waals surface area contributed by atoms with E-state index in [2.05, 4.69) is 27.7 Å². The Bertz CT molecular complexity index is 416. The van der Waals surface area contributed by atoms with E-state index in [-0.39, 0.29) is 0 Å². The van der Waals surface area contributed by atoms with Gasteiger partial charge in [0.1, 0.15) is 0 Å². The summed E-state index contributed by atoms with van der Waals surface area (Å²) in [5.74, 6) is 1.83. The molecule has 20 heavy (non-hydrogen) atoms. The Balaban J connectivity index is 1.50. The van der Waals surface area contributed by atoms with Gasteiger partial charge in [-0.25, -0.2) is 0 Å². The molecule has 2 saturated carbocycles. The molecule has 2 nitrogen and oxygen atoms in total. The Morgan fingerprint density at radius 2 is 2.15 bits per heavy atom. The fourth-order valence-electron chi connectivity index (χ4n) is 3.81. The van der Waals surface area contributed by atoms with Crippen molar-refractivity contribution in [1.82, 2.24) is 10.2 Å². The fraction of sp³-hybridized carbons (Fsp3) is 0.765. The second-order valence-corrected chi connectivity index (χ2v) is 7.92. The Hall–Kier alpha value is -0.380. The molecule has 0 aromatic carbocycles. The van der Waals surface area contributed by atoms with Gasteiger partial charge in [0.25, 0.3) is 0 Å². The molecule has 4 rings (SSSR count). The van der Waals surface area contributed by atoms with Crippen LogP contribution in [0.25, 0.3) is 0 Å². The second kappa shape index (κ2) is 5.78. The van der Waals surface area contributed by atoms with Crippen LogP contribution in [-0.2, 0) is 0 Å². The van der Waals surface area contributed by atoms with Crippen LogP contribution in [0.2, 0.25) is 0 Å². The van der Waals surface area contributed by atoms with Gasteiger partial charge in [-0.05, 0) is 74.9 Å². The largest absolute Gasteiger partial charge is 0.316 e. The lowest BCUT2D eigenvalue weighted by Gasteiger charge is -2.36. The van der Waals surface area contributed by atoms with Gasteiger partial charge in [-0.2, -0.15) is 0 Å². The highest BCUT2D eigenvalue weighted by Gasteiger charge is 2.43. The molecule has 2 atom stereocenters. The molecule has 3 heteroatoms. The summed E-state index contributed by atoms with van der Waals surface area (Å²) in [6, 6.07) is 6.25. The number of thiophene rings is 1. The van der Waals surface area contributed by atoms with Gasteiger partial charge in [-0.15, -0.1) is 11.3 Å². The summed E-state index contributed by atoms with van der Waals surface area (Å²) in [4.78, 5) is 4.53. The Kier molecular flexibility index (Phi) is 3.84. The van der Waals surface area contributed by atoms with E-state index >= 15 is 0 Å². The molecule has 0 bridgehead atoms. The lowest BCUT2D eigenvalue weighted by molar-refractivity contribution is 0.131. The predicted octanol–water partition coefficient (Wildman–Crippen LogP) is 3.66. The molecule has 1 aromatic heterocycles. The molecule has 1 aromatic rings. The number of rotatable bonds is 6. The molecule has 0 spiro atoms. The monoisotopic (exact) mass is 290 g/mol. The van der Waals surface area contributed by atoms with Crippen LogP contribution in [0.1, 0.15) is 49.4 Å². The maximum Gasteiger partial charge on any atom is 0.0472 e. The normalized spacial score (nSPS) is 28.8. The van der Waals surface area contributed by atoms with Crippen molar-refractivity contribution in [2.75, 3.05) is 19.6 Å². The Labute approximate surface area is 126 Å². The highest BCUT2D eigenvalue weighted by molar-refractivity contribution is 7.10. The predicted molar refractivity (Wildman–Crippen MR) is 85.1 cm³/mol. The molecule has 1 aliphatic heterocycles. The van der Waals surface area contributed by atoms with Crippen molar-refractivity contribution >= 4 is 11.3 Å². The molecule has 2 unspecified atom stereocenters. The van der Waals surface area contributed by atoms with Gasteiger partial charge in [-0.3, -0.25) is 4.90 Å². The number of hydrogen-bond donors (Lipinski definition) is 1. The highest BCUT2D eigenvalue weighted by Crippen LogP contribution is 2.49. The van der Waals surface area contributed by atoms with E-state index in [1.807, 2.05) is 11.3 Å². The van der Waals surface area contributed by atoms with E-state index in [0.717, 1.165) is 23.9 Å². The van der Waals surface area contributed by atoms with Gasteiger partial charge in [0.2, 0.25) is 0 Å². The molecule has 3 fully saturated rings. The van der Waals surface area contributed by atoms with E-state index in [1.54, 1.807) is 4.88 Å². The minimum atomic E-state index is 0.740. The zero-order valence-electron chi connectivity index (χ0n) is 12.3. The van der Waals surface area contributed by atoms with Gasteiger partial charge >= 0.3 is 0 Å². The summed E-state index contributed by atoms with van der Waals surface area (Å²) in [6.45, 7) is 3.80. The van der Waals surface area contributed by atoms with Crippen LogP contribution in [0.3, 0.4) is 0 Å². The van der Waals surface area contributed by atoms with Gasteiger partial charge in [0.15, 0.2) is 0 Å². The SMILES string of the molecule is c1csc(C(C2CC2)N(CC2CCCNC2)C2CC2)c1. The molecule has 0 amide bonds. The van der Waals surface area contributed by atoms with Crippen LogP contribution in [0, 0.1) is 11.8 Å². The van der Waals surface area contributed by atoms with Crippen LogP contribution < -0.4 is 5.32 Å². The van der Waals surface area contributed by atoms with Crippen molar-refractivity contribution in [2.24, 2.45) is 11.8 Å². The standard InChI is InChI=1S/C17H26N2S/c1-3-13(11-18-9-1)12-19(15-7-8-15)17(14-5-6-14)16-4-2-10-20-16/h2,4,10,13-15,17-18H,1,3,5-9,11-12H2. The first-order chi connectivity index (χ1) is 9.92. The fourth-order valence-corrected chi connectivity index (χ4v) is 4.75. The van der Waals surface area contributed by atoms with Gasteiger partial charge in [0.05, 0.1) is 0 Å². The van der Waals surface area contributed by atoms with E-state index in [1.165, 1.54) is 58.2 Å². The van der Waals surface area contributed by atoms with E-state index in [9.17, 15) is 0 Å². The maximum atomic E-state index is 3.59. The number of hydrogen-bond acceptors (Lipinski definition) is 3. The molecule has 1 saturated heterocycles. The molecular weight excluding hydrogens is 264 g/mol. The van der Waals surface area contributed by atoms with E-state index < -0.39 is 0 Å². The summed E-state index contributed by atoms with van der Waals surface area (Å²) >= 11 is 1.98. The van der Waals surface area contributed by atoms with Gasteiger partial charge < -0.3 is 5.32 Å². The quantitative estimate of drug-likeness (QED) is 0.860. The van der Waals surface area contributed by atoms with Crippen LogP contribution in [0.4, 0.5) is 0 Å². The zero-order chi connectivity index (χ0) is 13.4. The Morgan fingerprint density at radius 3 is 2.75 bits per heavy atom. The first kappa shape index (κ1) is 13.3. The minimum Gasteiger partial charge on any atom is -0.316 e. The average Bonchev–Trinajstić information content (AvgIpc) is 3.39. The highest BCUT2D eigenvalue weighted by atomic mass is 32.1. The first-order valence-corrected chi connectivity index (χ1v) is 9.29. The summed E-state index contributed by atoms with van der Waals surface area (Å²) in [5.41, 5.74) is 0. The first-order valence-electron chi connectivity index (χ1n) is 8.41. The summed E-state index contributed by atoms with van der Waals surface area (Å²) in [5, 5.41) is 5.86. The average molecular weight is 290 g/mol. The van der Waals surface area contributed by atoms with Crippen LogP contribution in [-0.4, -0.2) is 30.6 Å². The second-order valence-electron chi connectivity index (χ2n) is 6.94. The molecule has 1 N–H and O–H groups in total. The third kappa shape index (κ3) is 2.95. The van der Waals surface area contributed by atoms with E-state index in [4.69, 9.17) is 0 Å². The zero-order valence-corrected chi connectivity index (χ0v) is 13.1. The smallest absolute Gasteiger partial charge is 0.0472 e. The van der Waals surface area contributed by atoms with Gasteiger partial charge in [0, 0.05) is 23.5 Å². The number of nitrogens with one attached hydrogen (secondary N) is 1. The molecular formula is C17H26N2S. The molecule has 2 heterocycles. The Morgan fingerprint density at radius 1 is 1.25 bits per heavy atom. The van der Waals surface area contributed by atoms with Crippen molar-refractivity contribution in [2.45, 2.75) is 50.6 Å². The third-order valence-corrected chi connectivity index (χ3v) is 6.09. The molecule has 0 radical (unpaired) electrons. The number of piperidine rings is 1. The summed E-state index contributed by atoms with van der Waals surface area (Å²) < 4.78 is 0. The molecule has 2 aliphatic carbocycles. The van der Waals surface area contributed by atoms with E-state index in [0.29, 0.717) is 0 Å². The molecule has 110 valence electrons. The summed E-state index contributed by atoms with van der Waals surface area (Å²) in [7, 11) is 0. The topological polar surface area (TPSA) is 15.3 Å². The third-order valence-electron chi connectivity index (χ3n) is 5.14. The van der Waals surface area contributed by atoms with Gasteiger partial charge in [-0.1, -0.05) is 6.07 Å². The lowest BCUT2D eigenvalue weighted by atomic mass is 9.97. The lowest BCUT2D eigenvalue weighted by Crippen LogP contribution is -2.41. The van der Waals surface area contributed by atoms with Crippen molar-refractivity contribution in [3.8, 4) is 0 Å². The maximum absolute atomic E-state index is 3.59. The number of nitrogens with zero attached hydrogens (tertiary/aromatic N) is 1. The van der Waals surface area contributed by atoms with Crippen LogP contribution in [0.5, 0.6) is 0 Å². The van der Waals surface area contributed by atoms with Crippen molar-refractivity contribution in [1.29, 1.82) is 0 Å². The van der Waals surface area contributed by atoms with Crippen LogP contribution >= 0.6 is 11.3 Å².